The van der Waals surface area contributed by atoms with E-state index in [0.29, 0.717) is 13.1 Å². The zero-order chi connectivity index (χ0) is 14.9. The van der Waals surface area contributed by atoms with Crippen molar-refractivity contribution >= 4 is 39.7 Å². The highest BCUT2D eigenvalue weighted by molar-refractivity contribution is 7.91. The Morgan fingerprint density at radius 3 is 2.81 bits per heavy atom. The average molecular weight is 356 g/mol. The summed E-state index contributed by atoms with van der Waals surface area (Å²) < 4.78 is 31.2. The number of thiazole rings is 1. The molecule has 1 aliphatic rings. The van der Waals surface area contributed by atoms with Gasteiger partial charge in [-0.05, 0) is 25.8 Å². The quantitative estimate of drug-likeness (QED) is 0.798. The molecular weight excluding hydrogens is 338 g/mol. The number of aromatic nitrogens is 1. The first kappa shape index (κ1) is 18.3. The van der Waals surface area contributed by atoms with Crippen LogP contribution in [0.4, 0.5) is 0 Å². The second kappa shape index (κ2) is 7.01. The lowest BCUT2D eigenvalue weighted by molar-refractivity contribution is 0.0590. The number of rotatable bonds is 4. The summed E-state index contributed by atoms with van der Waals surface area (Å²) in [6, 6.07) is -0.138. The van der Waals surface area contributed by atoms with Crippen molar-refractivity contribution in [2.24, 2.45) is 11.7 Å². The molecule has 2 rings (SSSR count). The number of hydrogen-bond donors (Lipinski definition) is 1. The molecule has 0 spiro atoms. The molecular formula is C11H18ClN3O4S2. The monoisotopic (exact) mass is 355 g/mol. The van der Waals surface area contributed by atoms with Gasteiger partial charge in [0.05, 0.1) is 12.6 Å². The summed E-state index contributed by atoms with van der Waals surface area (Å²) in [4.78, 5) is 15.4. The summed E-state index contributed by atoms with van der Waals surface area (Å²) in [7, 11) is -2.54. The average Bonchev–Trinajstić information content (AvgIpc) is 3.04. The van der Waals surface area contributed by atoms with Crippen LogP contribution >= 0.6 is 23.7 Å². The molecule has 1 fully saturated rings. The number of nitrogens with zero attached hydrogens (tertiary/aromatic N) is 2. The number of sulfonamides is 1. The van der Waals surface area contributed by atoms with Crippen molar-refractivity contribution in [3.05, 3.63) is 11.2 Å². The number of esters is 1. The van der Waals surface area contributed by atoms with Gasteiger partial charge < -0.3 is 10.5 Å². The maximum atomic E-state index is 12.7. The highest BCUT2D eigenvalue weighted by Crippen LogP contribution is 2.32. The Hall–Kier alpha value is -0.740. The number of nitrogens with two attached hydrogens (primary N) is 1. The summed E-state index contributed by atoms with van der Waals surface area (Å²) in [6.07, 6.45) is 0.724. The van der Waals surface area contributed by atoms with Gasteiger partial charge in [-0.25, -0.2) is 18.2 Å². The molecule has 2 atom stereocenters. The van der Waals surface area contributed by atoms with Crippen LogP contribution in [0.3, 0.4) is 0 Å². The number of hydrogen-bond acceptors (Lipinski definition) is 7. The van der Waals surface area contributed by atoms with Gasteiger partial charge in [0.2, 0.25) is 0 Å². The van der Waals surface area contributed by atoms with Gasteiger partial charge in [0, 0.05) is 12.6 Å². The number of carbonyl (C=O) groups is 1. The van der Waals surface area contributed by atoms with Crippen molar-refractivity contribution in [1.82, 2.24) is 9.29 Å². The standard InChI is InChI=1S/C11H17N3O4S2.ClH/c1-7-3-8(4-12)5-14(7)20(16,17)11-9(10(15)18-2)13-6-19-11;/h6-8H,3-5,12H2,1-2H3;1H. The molecule has 1 aromatic rings. The molecule has 2 N–H and O–H groups in total. The summed E-state index contributed by atoms with van der Waals surface area (Å²) in [5, 5.41) is 0. The second-order valence-corrected chi connectivity index (χ2v) is 7.68. The van der Waals surface area contributed by atoms with Crippen LogP contribution in [0.25, 0.3) is 0 Å². The molecule has 0 saturated carbocycles. The number of halogens is 1. The van der Waals surface area contributed by atoms with E-state index in [2.05, 4.69) is 9.72 Å². The number of ether oxygens (including phenoxy) is 1. The minimum Gasteiger partial charge on any atom is -0.464 e. The fourth-order valence-electron chi connectivity index (χ4n) is 2.37. The molecule has 0 bridgehead atoms. The first-order valence-electron chi connectivity index (χ1n) is 6.15. The molecule has 21 heavy (non-hydrogen) atoms. The Labute approximate surface area is 133 Å². The number of carbonyl (C=O) groups excluding carboxylic acids is 1. The van der Waals surface area contributed by atoms with Crippen LogP contribution in [0, 0.1) is 5.92 Å². The Morgan fingerprint density at radius 2 is 2.29 bits per heavy atom. The fourth-order valence-corrected chi connectivity index (χ4v) is 5.34. The molecule has 120 valence electrons. The van der Waals surface area contributed by atoms with Gasteiger partial charge in [0.15, 0.2) is 9.90 Å². The first-order chi connectivity index (χ1) is 9.41. The van der Waals surface area contributed by atoms with Gasteiger partial charge in [-0.15, -0.1) is 23.7 Å². The van der Waals surface area contributed by atoms with Crippen LogP contribution < -0.4 is 5.73 Å². The predicted molar refractivity (Wildman–Crippen MR) is 81.2 cm³/mol. The lowest BCUT2D eigenvalue weighted by Crippen LogP contribution is -2.34. The van der Waals surface area contributed by atoms with Crippen molar-refractivity contribution in [2.45, 2.75) is 23.6 Å². The zero-order valence-corrected chi connectivity index (χ0v) is 14.1. The lowest BCUT2D eigenvalue weighted by Gasteiger charge is -2.20. The first-order valence-corrected chi connectivity index (χ1v) is 8.47. The van der Waals surface area contributed by atoms with E-state index in [0.717, 1.165) is 17.8 Å². The van der Waals surface area contributed by atoms with Crippen molar-refractivity contribution < 1.29 is 17.9 Å². The SMILES string of the molecule is COC(=O)c1ncsc1S(=O)(=O)N1CC(CN)CC1C.Cl. The predicted octanol–water partition coefficient (Wildman–Crippen LogP) is 0.709. The Balaban J connectivity index is 0.00000220. The highest BCUT2D eigenvalue weighted by atomic mass is 35.5. The minimum atomic E-state index is -3.74. The number of methoxy groups -OCH3 is 1. The third-order valence-corrected chi connectivity index (χ3v) is 6.72. The molecule has 0 aliphatic carbocycles. The minimum absolute atomic E-state index is 0. The molecule has 0 amide bonds. The van der Waals surface area contributed by atoms with Crippen molar-refractivity contribution in [1.29, 1.82) is 0 Å². The lowest BCUT2D eigenvalue weighted by atomic mass is 10.1. The van der Waals surface area contributed by atoms with Crippen LogP contribution in [-0.4, -0.2) is 49.9 Å². The highest BCUT2D eigenvalue weighted by Gasteiger charge is 2.40. The molecule has 0 radical (unpaired) electrons. The van der Waals surface area contributed by atoms with E-state index in [-0.39, 0.29) is 34.3 Å². The largest absolute Gasteiger partial charge is 0.464 e. The van der Waals surface area contributed by atoms with Crippen LogP contribution in [-0.2, 0) is 14.8 Å². The molecule has 1 aromatic heterocycles. The zero-order valence-electron chi connectivity index (χ0n) is 11.7. The summed E-state index contributed by atoms with van der Waals surface area (Å²) in [5.74, 6) is -0.596. The molecule has 0 aromatic carbocycles. The van der Waals surface area contributed by atoms with Crippen molar-refractivity contribution in [2.75, 3.05) is 20.2 Å². The smallest absolute Gasteiger partial charge is 0.358 e. The van der Waals surface area contributed by atoms with E-state index >= 15 is 0 Å². The van der Waals surface area contributed by atoms with Gasteiger partial charge in [0.25, 0.3) is 10.0 Å². The second-order valence-electron chi connectivity index (χ2n) is 4.74. The fraction of sp³-hybridized carbons (Fsp3) is 0.636. The Kier molecular flexibility index (Phi) is 6.11. The van der Waals surface area contributed by atoms with Gasteiger partial charge in [-0.2, -0.15) is 4.31 Å². The van der Waals surface area contributed by atoms with Crippen LogP contribution in [0.2, 0.25) is 0 Å². The topological polar surface area (TPSA) is 103 Å². The summed E-state index contributed by atoms with van der Waals surface area (Å²) >= 11 is 0.925. The molecule has 2 unspecified atom stereocenters. The van der Waals surface area contributed by atoms with E-state index in [1.54, 1.807) is 0 Å². The molecule has 1 saturated heterocycles. The van der Waals surface area contributed by atoms with Crippen LogP contribution in [0.1, 0.15) is 23.8 Å². The summed E-state index contributed by atoms with van der Waals surface area (Å²) in [5.41, 5.74) is 6.80. The van der Waals surface area contributed by atoms with E-state index in [1.165, 1.54) is 16.9 Å². The van der Waals surface area contributed by atoms with Crippen LogP contribution in [0.15, 0.2) is 9.72 Å². The van der Waals surface area contributed by atoms with Crippen LogP contribution in [0.5, 0.6) is 0 Å². The molecule has 1 aliphatic heterocycles. The molecule has 7 nitrogen and oxygen atoms in total. The van der Waals surface area contributed by atoms with Gasteiger partial charge in [0.1, 0.15) is 0 Å². The summed E-state index contributed by atoms with van der Waals surface area (Å²) in [6.45, 7) is 2.66. The van der Waals surface area contributed by atoms with E-state index in [4.69, 9.17) is 5.73 Å². The molecule has 2 heterocycles. The van der Waals surface area contributed by atoms with E-state index in [1.807, 2.05) is 6.92 Å². The maximum absolute atomic E-state index is 12.7. The normalized spacial score (nSPS) is 22.8. The Bertz CT molecular complexity index is 604. The van der Waals surface area contributed by atoms with Crippen molar-refractivity contribution in [3.8, 4) is 0 Å². The third-order valence-electron chi connectivity index (χ3n) is 3.39. The van der Waals surface area contributed by atoms with Gasteiger partial charge >= 0.3 is 5.97 Å². The third kappa shape index (κ3) is 3.37. The van der Waals surface area contributed by atoms with Gasteiger partial charge in [-0.3, -0.25) is 0 Å². The van der Waals surface area contributed by atoms with E-state index in [9.17, 15) is 13.2 Å². The van der Waals surface area contributed by atoms with Crippen molar-refractivity contribution in [3.63, 3.8) is 0 Å². The van der Waals surface area contributed by atoms with E-state index < -0.39 is 16.0 Å². The van der Waals surface area contributed by atoms with Gasteiger partial charge in [-0.1, -0.05) is 0 Å². The maximum Gasteiger partial charge on any atom is 0.358 e. The Morgan fingerprint density at radius 1 is 1.62 bits per heavy atom. The molecule has 10 heteroatoms.